The summed E-state index contributed by atoms with van der Waals surface area (Å²) in [6, 6.07) is 4.91. The van der Waals surface area contributed by atoms with E-state index in [9.17, 15) is 4.91 Å². The Hall–Kier alpha value is -0.900. The lowest BCUT2D eigenvalue weighted by Gasteiger charge is -1.95. The Morgan fingerprint density at radius 3 is 2.70 bits per heavy atom. The van der Waals surface area contributed by atoms with Crippen LogP contribution < -0.4 is 5.73 Å². The lowest BCUT2D eigenvalue weighted by Crippen LogP contribution is -1.83. The van der Waals surface area contributed by atoms with Crippen LogP contribution >= 0.6 is 15.9 Å². The molecule has 0 heterocycles. The molecule has 2 N–H and O–H groups in total. The Bertz CT molecular complexity index is 262. The number of halogens is 1. The van der Waals surface area contributed by atoms with Crippen molar-refractivity contribution in [3.8, 4) is 0 Å². The summed E-state index contributed by atoms with van der Waals surface area (Å²) in [5.74, 6) is 0. The molecule has 0 amide bonds. The van der Waals surface area contributed by atoms with Crippen LogP contribution in [0.1, 0.15) is 0 Å². The first-order valence-corrected chi connectivity index (χ1v) is 3.41. The molecule has 0 aromatic heterocycles. The number of anilines is 1. The summed E-state index contributed by atoms with van der Waals surface area (Å²) >= 11 is 3.20. The maximum absolute atomic E-state index is 9.99. The van der Waals surface area contributed by atoms with E-state index in [2.05, 4.69) is 21.1 Å². The van der Waals surface area contributed by atoms with Crippen molar-refractivity contribution in [3.63, 3.8) is 0 Å². The first-order valence-electron chi connectivity index (χ1n) is 2.62. The van der Waals surface area contributed by atoms with Gasteiger partial charge < -0.3 is 5.73 Å². The van der Waals surface area contributed by atoms with E-state index in [1.165, 1.54) is 0 Å². The van der Waals surface area contributed by atoms with Crippen LogP contribution in [0, 0.1) is 4.91 Å². The minimum Gasteiger partial charge on any atom is -0.397 e. The standard InChI is InChI=1S/C6H5BrN2O/c7-4-1-2-6(9-10)5(8)3-4/h1-3H,8H2. The minimum atomic E-state index is 0.281. The molecular formula is C6H5BrN2O. The normalized spacial score (nSPS) is 9.30. The van der Waals surface area contributed by atoms with Crippen LogP contribution in [-0.2, 0) is 0 Å². The number of nitrogen functional groups attached to an aromatic ring is 1. The van der Waals surface area contributed by atoms with Crippen molar-refractivity contribution in [2.45, 2.75) is 0 Å². The van der Waals surface area contributed by atoms with Crippen LogP contribution in [0.15, 0.2) is 27.8 Å². The summed E-state index contributed by atoms with van der Waals surface area (Å²) in [5.41, 5.74) is 6.08. The van der Waals surface area contributed by atoms with Gasteiger partial charge in [0.05, 0.1) is 5.69 Å². The van der Waals surface area contributed by atoms with Crippen molar-refractivity contribution in [3.05, 3.63) is 27.6 Å². The van der Waals surface area contributed by atoms with Gasteiger partial charge in [-0.05, 0) is 23.4 Å². The molecule has 3 nitrogen and oxygen atoms in total. The summed E-state index contributed by atoms with van der Waals surface area (Å²) in [6.07, 6.45) is 0. The first kappa shape index (κ1) is 7.21. The second kappa shape index (κ2) is 2.79. The number of nitroso groups, excluding NO2 is 1. The van der Waals surface area contributed by atoms with Gasteiger partial charge in [-0.15, -0.1) is 4.91 Å². The van der Waals surface area contributed by atoms with Crippen LogP contribution in [0.5, 0.6) is 0 Å². The fraction of sp³-hybridized carbons (Fsp3) is 0. The molecule has 0 unspecified atom stereocenters. The number of nitrogens with zero attached hydrogens (tertiary/aromatic N) is 1. The quantitative estimate of drug-likeness (QED) is 0.560. The van der Waals surface area contributed by atoms with Crippen molar-refractivity contribution in [1.29, 1.82) is 0 Å². The second-order valence-electron chi connectivity index (χ2n) is 1.79. The molecule has 10 heavy (non-hydrogen) atoms. The van der Waals surface area contributed by atoms with Crippen LogP contribution in [-0.4, -0.2) is 0 Å². The molecule has 0 saturated heterocycles. The summed E-state index contributed by atoms with van der Waals surface area (Å²) in [7, 11) is 0. The number of rotatable bonds is 1. The Kier molecular flexibility index (Phi) is 2.01. The van der Waals surface area contributed by atoms with E-state index in [-0.39, 0.29) is 5.69 Å². The Balaban J connectivity index is 3.19. The molecule has 1 aromatic carbocycles. The van der Waals surface area contributed by atoms with E-state index in [1.54, 1.807) is 18.2 Å². The van der Waals surface area contributed by atoms with Crippen LogP contribution in [0.25, 0.3) is 0 Å². The first-order chi connectivity index (χ1) is 4.74. The van der Waals surface area contributed by atoms with E-state index in [0.29, 0.717) is 5.69 Å². The highest BCUT2D eigenvalue weighted by Crippen LogP contribution is 2.24. The van der Waals surface area contributed by atoms with Gasteiger partial charge in [0.1, 0.15) is 5.69 Å². The van der Waals surface area contributed by atoms with Gasteiger partial charge in [-0.1, -0.05) is 15.9 Å². The van der Waals surface area contributed by atoms with Crippen LogP contribution in [0.4, 0.5) is 11.4 Å². The van der Waals surface area contributed by atoms with E-state index in [4.69, 9.17) is 5.73 Å². The average Bonchev–Trinajstić information content (AvgIpc) is 1.88. The van der Waals surface area contributed by atoms with Gasteiger partial charge in [0.25, 0.3) is 0 Å². The number of nitrogens with two attached hydrogens (primary N) is 1. The highest BCUT2D eigenvalue weighted by molar-refractivity contribution is 9.10. The molecule has 0 fully saturated rings. The smallest absolute Gasteiger partial charge is 0.130 e. The predicted octanol–water partition coefficient (Wildman–Crippen LogP) is 2.43. The molecule has 0 radical (unpaired) electrons. The molecular weight excluding hydrogens is 196 g/mol. The zero-order valence-corrected chi connectivity index (χ0v) is 6.63. The highest BCUT2D eigenvalue weighted by atomic mass is 79.9. The second-order valence-corrected chi connectivity index (χ2v) is 2.71. The average molecular weight is 201 g/mol. The third-order valence-electron chi connectivity index (χ3n) is 1.09. The molecule has 0 aliphatic heterocycles. The number of hydrogen-bond acceptors (Lipinski definition) is 3. The fourth-order valence-corrected chi connectivity index (χ4v) is 0.987. The van der Waals surface area contributed by atoms with Crippen molar-refractivity contribution in [1.82, 2.24) is 0 Å². The third kappa shape index (κ3) is 1.33. The molecule has 0 saturated carbocycles. The van der Waals surface area contributed by atoms with Gasteiger partial charge in [-0.25, -0.2) is 0 Å². The molecule has 0 bridgehead atoms. The summed E-state index contributed by atoms with van der Waals surface area (Å²) < 4.78 is 0.845. The van der Waals surface area contributed by atoms with Crippen molar-refractivity contribution in [2.75, 3.05) is 5.73 Å². The molecule has 0 spiro atoms. The minimum absolute atomic E-state index is 0.281. The molecule has 1 rings (SSSR count). The van der Waals surface area contributed by atoms with Crippen molar-refractivity contribution >= 4 is 27.3 Å². The van der Waals surface area contributed by atoms with E-state index in [0.717, 1.165) is 4.47 Å². The summed E-state index contributed by atoms with van der Waals surface area (Å²) in [6.45, 7) is 0. The Labute approximate surface area is 66.3 Å². The highest BCUT2D eigenvalue weighted by Gasteiger charge is 1.97. The van der Waals surface area contributed by atoms with Gasteiger partial charge in [0.15, 0.2) is 0 Å². The van der Waals surface area contributed by atoms with Crippen molar-refractivity contribution < 1.29 is 0 Å². The third-order valence-corrected chi connectivity index (χ3v) is 1.58. The maximum Gasteiger partial charge on any atom is 0.130 e. The monoisotopic (exact) mass is 200 g/mol. The van der Waals surface area contributed by atoms with Crippen molar-refractivity contribution in [2.24, 2.45) is 5.18 Å². The van der Waals surface area contributed by atoms with E-state index < -0.39 is 0 Å². The maximum atomic E-state index is 9.99. The van der Waals surface area contributed by atoms with E-state index >= 15 is 0 Å². The molecule has 1 aromatic rings. The lowest BCUT2D eigenvalue weighted by molar-refractivity contribution is 1.48. The SMILES string of the molecule is Nc1cc(Br)ccc1N=O. The predicted molar refractivity (Wildman–Crippen MR) is 44.0 cm³/mol. The zero-order chi connectivity index (χ0) is 7.56. The van der Waals surface area contributed by atoms with Gasteiger partial charge in [-0.2, -0.15) is 0 Å². The van der Waals surface area contributed by atoms with Crippen LogP contribution in [0.2, 0.25) is 0 Å². The van der Waals surface area contributed by atoms with Gasteiger partial charge >= 0.3 is 0 Å². The van der Waals surface area contributed by atoms with E-state index in [1.807, 2.05) is 0 Å². The van der Waals surface area contributed by atoms with Gasteiger partial charge in [-0.3, -0.25) is 0 Å². The molecule has 0 atom stereocenters. The van der Waals surface area contributed by atoms with Gasteiger partial charge in [0, 0.05) is 4.47 Å². The molecule has 0 aliphatic carbocycles. The number of benzene rings is 1. The number of hydrogen-bond donors (Lipinski definition) is 1. The summed E-state index contributed by atoms with van der Waals surface area (Å²) in [5, 5.41) is 2.72. The molecule has 4 heteroatoms. The summed E-state index contributed by atoms with van der Waals surface area (Å²) in [4.78, 5) is 9.99. The molecule has 52 valence electrons. The molecule has 0 aliphatic rings. The largest absolute Gasteiger partial charge is 0.397 e. The van der Waals surface area contributed by atoms with Gasteiger partial charge in [0.2, 0.25) is 0 Å². The lowest BCUT2D eigenvalue weighted by atomic mass is 10.3. The van der Waals surface area contributed by atoms with Crippen LogP contribution in [0.3, 0.4) is 0 Å². The fourth-order valence-electron chi connectivity index (χ4n) is 0.609. The topological polar surface area (TPSA) is 55.4 Å². The Morgan fingerprint density at radius 2 is 2.20 bits per heavy atom. The Morgan fingerprint density at radius 1 is 1.50 bits per heavy atom. The zero-order valence-electron chi connectivity index (χ0n) is 5.04.